The Morgan fingerprint density at radius 2 is 2.27 bits per heavy atom. The van der Waals surface area contributed by atoms with E-state index in [4.69, 9.17) is 5.11 Å². The zero-order valence-electron chi connectivity index (χ0n) is 6.45. The smallest absolute Gasteiger partial charge is 0.214 e. The van der Waals surface area contributed by atoms with E-state index >= 15 is 0 Å². The number of hydrogen-bond acceptors (Lipinski definition) is 3. The van der Waals surface area contributed by atoms with E-state index in [0.717, 1.165) is 0 Å². The zero-order chi connectivity index (χ0) is 8.91. The van der Waals surface area contributed by atoms with Gasteiger partial charge in [0.2, 0.25) is 10.0 Å². The molecule has 0 radical (unpaired) electrons. The van der Waals surface area contributed by atoms with Crippen molar-refractivity contribution in [1.82, 2.24) is 4.72 Å². The van der Waals surface area contributed by atoms with E-state index in [2.05, 4.69) is 11.3 Å². The molecule has 5 heteroatoms. The summed E-state index contributed by atoms with van der Waals surface area (Å²) in [6.07, 6.45) is 1.48. The quantitative estimate of drug-likeness (QED) is 0.558. The standard InChI is InChI=1S/C6H13NO3S/c1-3-6(2)7-11(9,10)5-4-8/h3,6-8H,1,4-5H2,2H3. The van der Waals surface area contributed by atoms with E-state index in [-0.39, 0.29) is 18.4 Å². The topological polar surface area (TPSA) is 66.4 Å². The van der Waals surface area contributed by atoms with Crippen LogP contribution in [0.2, 0.25) is 0 Å². The SMILES string of the molecule is C=CC(C)NS(=O)(=O)CCO. The van der Waals surface area contributed by atoms with Crippen molar-refractivity contribution >= 4 is 10.0 Å². The van der Waals surface area contributed by atoms with Crippen LogP contribution in [0.3, 0.4) is 0 Å². The highest BCUT2D eigenvalue weighted by molar-refractivity contribution is 7.89. The van der Waals surface area contributed by atoms with Crippen molar-refractivity contribution in [2.75, 3.05) is 12.4 Å². The van der Waals surface area contributed by atoms with E-state index in [9.17, 15) is 8.42 Å². The first-order valence-electron chi connectivity index (χ1n) is 3.25. The van der Waals surface area contributed by atoms with Crippen molar-refractivity contribution in [2.45, 2.75) is 13.0 Å². The normalized spacial score (nSPS) is 14.4. The molecule has 0 aliphatic carbocycles. The molecule has 0 spiro atoms. The maximum Gasteiger partial charge on any atom is 0.214 e. The molecule has 1 unspecified atom stereocenters. The van der Waals surface area contributed by atoms with Crippen LogP contribution in [0.25, 0.3) is 0 Å². The fourth-order valence-corrected chi connectivity index (χ4v) is 1.53. The van der Waals surface area contributed by atoms with Gasteiger partial charge >= 0.3 is 0 Å². The average Bonchev–Trinajstić information content (AvgIpc) is 1.86. The first-order chi connectivity index (χ1) is 5.02. The van der Waals surface area contributed by atoms with Crippen LogP contribution < -0.4 is 4.72 Å². The fraction of sp³-hybridized carbons (Fsp3) is 0.667. The minimum absolute atomic E-state index is 0.259. The number of aliphatic hydroxyl groups excluding tert-OH is 1. The molecule has 0 aliphatic heterocycles. The monoisotopic (exact) mass is 179 g/mol. The lowest BCUT2D eigenvalue weighted by atomic mass is 10.4. The molecular formula is C6H13NO3S. The maximum atomic E-state index is 10.9. The van der Waals surface area contributed by atoms with Crippen LogP contribution in [0.4, 0.5) is 0 Å². The molecule has 1 atom stereocenters. The predicted molar refractivity (Wildman–Crippen MR) is 43.7 cm³/mol. The first kappa shape index (κ1) is 10.6. The van der Waals surface area contributed by atoms with Crippen LogP contribution in [-0.4, -0.2) is 31.9 Å². The molecule has 0 aromatic carbocycles. The van der Waals surface area contributed by atoms with E-state index < -0.39 is 10.0 Å². The predicted octanol–water partition coefficient (Wildman–Crippen LogP) is -0.527. The second kappa shape index (κ2) is 4.48. The third-order valence-corrected chi connectivity index (χ3v) is 2.53. The summed E-state index contributed by atoms with van der Waals surface area (Å²) in [4.78, 5) is 0. The zero-order valence-corrected chi connectivity index (χ0v) is 7.26. The fourth-order valence-electron chi connectivity index (χ4n) is 0.510. The van der Waals surface area contributed by atoms with Gasteiger partial charge in [-0.2, -0.15) is 0 Å². The summed E-state index contributed by atoms with van der Waals surface area (Å²) in [5.41, 5.74) is 0. The second-order valence-corrected chi connectivity index (χ2v) is 4.06. The highest BCUT2D eigenvalue weighted by Gasteiger charge is 2.10. The van der Waals surface area contributed by atoms with Crippen LogP contribution in [0.15, 0.2) is 12.7 Å². The van der Waals surface area contributed by atoms with E-state index in [1.807, 2.05) is 0 Å². The molecule has 0 amide bonds. The summed E-state index contributed by atoms with van der Waals surface area (Å²) in [5.74, 6) is -0.259. The average molecular weight is 179 g/mol. The van der Waals surface area contributed by atoms with E-state index in [1.54, 1.807) is 6.92 Å². The molecule has 2 N–H and O–H groups in total. The molecule has 0 saturated heterocycles. The Balaban J connectivity index is 4.02. The minimum Gasteiger partial charge on any atom is -0.395 e. The van der Waals surface area contributed by atoms with Crippen LogP contribution in [0, 0.1) is 0 Å². The van der Waals surface area contributed by atoms with Gasteiger partial charge < -0.3 is 5.11 Å². The third-order valence-electron chi connectivity index (χ3n) is 1.08. The molecule has 0 aromatic rings. The maximum absolute atomic E-state index is 10.9. The molecule has 0 heterocycles. The number of nitrogens with one attached hydrogen (secondary N) is 1. The van der Waals surface area contributed by atoms with E-state index in [1.165, 1.54) is 6.08 Å². The highest BCUT2D eigenvalue weighted by Crippen LogP contribution is 1.88. The Kier molecular flexibility index (Phi) is 4.32. The van der Waals surface area contributed by atoms with Gasteiger partial charge in [0.05, 0.1) is 12.4 Å². The molecular weight excluding hydrogens is 166 g/mol. The Labute approximate surface area is 67.0 Å². The van der Waals surface area contributed by atoms with Gasteiger partial charge in [-0.05, 0) is 6.92 Å². The molecule has 0 rings (SSSR count). The minimum atomic E-state index is -3.31. The largest absolute Gasteiger partial charge is 0.395 e. The van der Waals surface area contributed by atoms with Crippen molar-refractivity contribution in [2.24, 2.45) is 0 Å². The number of hydrogen-bond donors (Lipinski definition) is 2. The Morgan fingerprint density at radius 1 is 1.73 bits per heavy atom. The van der Waals surface area contributed by atoms with Crippen LogP contribution in [-0.2, 0) is 10.0 Å². The Morgan fingerprint density at radius 3 is 2.64 bits per heavy atom. The Bertz CT molecular complexity index is 210. The molecule has 0 saturated carbocycles. The van der Waals surface area contributed by atoms with Crippen molar-refractivity contribution in [3.8, 4) is 0 Å². The number of aliphatic hydroxyl groups is 1. The van der Waals surface area contributed by atoms with Gasteiger partial charge in [-0.25, -0.2) is 13.1 Å². The summed E-state index contributed by atoms with van der Waals surface area (Å²) in [6, 6.07) is -0.286. The van der Waals surface area contributed by atoms with Crippen LogP contribution >= 0.6 is 0 Å². The highest BCUT2D eigenvalue weighted by atomic mass is 32.2. The molecule has 0 fully saturated rings. The van der Waals surface area contributed by atoms with Crippen molar-refractivity contribution < 1.29 is 13.5 Å². The molecule has 11 heavy (non-hydrogen) atoms. The van der Waals surface area contributed by atoms with Crippen molar-refractivity contribution in [3.63, 3.8) is 0 Å². The molecule has 4 nitrogen and oxygen atoms in total. The summed E-state index contributed by atoms with van der Waals surface area (Å²) >= 11 is 0. The van der Waals surface area contributed by atoms with Crippen LogP contribution in [0.1, 0.15) is 6.92 Å². The molecule has 0 aromatic heterocycles. The summed E-state index contributed by atoms with van der Waals surface area (Å²) in [5, 5.41) is 8.34. The van der Waals surface area contributed by atoms with Gasteiger partial charge in [-0.3, -0.25) is 0 Å². The lowest BCUT2D eigenvalue weighted by Gasteiger charge is -2.07. The molecule has 0 aliphatic rings. The first-order valence-corrected chi connectivity index (χ1v) is 4.90. The van der Waals surface area contributed by atoms with Gasteiger partial charge in [0, 0.05) is 6.04 Å². The molecule has 0 bridgehead atoms. The Hall–Kier alpha value is -0.390. The van der Waals surface area contributed by atoms with Gasteiger partial charge in [-0.15, -0.1) is 6.58 Å². The van der Waals surface area contributed by atoms with Crippen LogP contribution in [0.5, 0.6) is 0 Å². The van der Waals surface area contributed by atoms with E-state index in [0.29, 0.717) is 0 Å². The molecule has 66 valence electrons. The summed E-state index contributed by atoms with van der Waals surface area (Å²) < 4.78 is 24.1. The summed E-state index contributed by atoms with van der Waals surface area (Å²) in [7, 11) is -3.31. The number of rotatable bonds is 5. The lowest BCUT2D eigenvalue weighted by Crippen LogP contribution is -2.33. The third kappa shape index (κ3) is 4.94. The van der Waals surface area contributed by atoms with Gasteiger partial charge in [0.25, 0.3) is 0 Å². The second-order valence-electron chi connectivity index (χ2n) is 2.18. The van der Waals surface area contributed by atoms with Gasteiger partial charge in [0.15, 0.2) is 0 Å². The summed E-state index contributed by atoms with van der Waals surface area (Å²) in [6.45, 7) is 4.72. The number of sulfonamides is 1. The van der Waals surface area contributed by atoms with Gasteiger partial charge in [0.1, 0.15) is 0 Å². The van der Waals surface area contributed by atoms with Crippen molar-refractivity contribution in [1.29, 1.82) is 0 Å². The van der Waals surface area contributed by atoms with Gasteiger partial charge in [-0.1, -0.05) is 6.08 Å². The van der Waals surface area contributed by atoms with Crippen molar-refractivity contribution in [3.05, 3.63) is 12.7 Å². The lowest BCUT2D eigenvalue weighted by molar-refractivity contribution is 0.319.